The van der Waals surface area contributed by atoms with Crippen molar-refractivity contribution in [3.63, 3.8) is 0 Å². The molecule has 3 aliphatic rings. The van der Waals surface area contributed by atoms with Gasteiger partial charge in [0.25, 0.3) is 5.91 Å². The highest BCUT2D eigenvalue weighted by atomic mass is 35.5. The molecule has 0 aromatic heterocycles. The molecule has 2 N–H and O–H groups in total. The Morgan fingerprint density at radius 2 is 1.75 bits per heavy atom. The molecule has 320 valence electrons. The Balaban J connectivity index is 1.04. The van der Waals surface area contributed by atoms with Gasteiger partial charge in [-0.05, 0) is 66.3 Å². The number of epoxide rings is 1. The Morgan fingerprint density at radius 1 is 1.07 bits per heavy atom. The maximum Gasteiger partial charge on any atom is 0.412 e. The number of hydrogen-bond donors (Lipinski definition) is 2. The zero-order chi connectivity index (χ0) is 43.2. The number of halogens is 1. The summed E-state index contributed by atoms with van der Waals surface area (Å²) in [5, 5.41) is 5.72. The van der Waals surface area contributed by atoms with Crippen molar-refractivity contribution < 1.29 is 52.3 Å². The number of carbonyl (C=O) groups excluding carboxylic acids is 4. The van der Waals surface area contributed by atoms with Crippen LogP contribution in [0, 0.1) is 5.92 Å². The summed E-state index contributed by atoms with van der Waals surface area (Å²) in [6, 6.07) is 21.6. The molecular weight excluding hydrogens is 794 g/mol. The van der Waals surface area contributed by atoms with E-state index in [9.17, 15) is 19.2 Å². The van der Waals surface area contributed by atoms with Gasteiger partial charge in [0, 0.05) is 33.0 Å². The van der Waals surface area contributed by atoms with E-state index in [0.29, 0.717) is 17.2 Å². The summed E-state index contributed by atoms with van der Waals surface area (Å²) in [7, 11) is 5.89. The average Bonchev–Trinajstić information content (AvgIpc) is 3.84. The van der Waals surface area contributed by atoms with E-state index < -0.39 is 60.4 Å². The van der Waals surface area contributed by atoms with Gasteiger partial charge >= 0.3 is 18.2 Å². The topological polar surface area (TPSA) is 163 Å². The Morgan fingerprint density at radius 3 is 2.40 bits per heavy atom. The lowest BCUT2D eigenvalue weighted by Crippen LogP contribution is -2.60. The molecule has 1 aliphatic carbocycles. The highest BCUT2D eigenvalue weighted by molar-refractivity contribution is 6.32. The molecule has 2 fully saturated rings. The monoisotopic (exact) mass is 845 g/mol. The van der Waals surface area contributed by atoms with E-state index in [-0.39, 0.29) is 31.3 Å². The highest BCUT2D eigenvalue weighted by Gasteiger charge is 2.64. The summed E-state index contributed by atoms with van der Waals surface area (Å²) >= 11 is 6.16. The third-order valence-corrected chi connectivity index (χ3v) is 11.6. The number of likely N-dealkylation sites (N-methyl/N-ethyl adjacent to an activating group) is 1. The smallest absolute Gasteiger partial charge is 0.412 e. The SMILES string of the molecule is CNC(=O)CC(OC(=O)CN(C)C(=O)OCC1c2ccccc2-c2ccccc21)C1(C)OC1C(C)C1CC(OC)(O/C=C/C=C(\C)Cc2ccc(Cl)c(OC)c2)NC(=O)O1. The van der Waals surface area contributed by atoms with Gasteiger partial charge in [0.15, 0.2) is 0 Å². The Bertz CT molecular complexity index is 2100. The van der Waals surface area contributed by atoms with E-state index in [2.05, 4.69) is 10.6 Å². The van der Waals surface area contributed by atoms with Gasteiger partial charge in [-0.2, -0.15) is 0 Å². The van der Waals surface area contributed by atoms with Crippen LogP contribution in [-0.4, -0.2) is 100 Å². The summed E-state index contributed by atoms with van der Waals surface area (Å²) in [4.78, 5) is 53.2. The van der Waals surface area contributed by atoms with Gasteiger partial charge < -0.3 is 43.4 Å². The van der Waals surface area contributed by atoms with Crippen molar-refractivity contribution in [1.29, 1.82) is 0 Å². The zero-order valence-corrected chi connectivity index (χ0v) is 35.6. The number of cyclic esters (lactones) is 1. The predicted octanol–water partition coefficient (Wildman–Crippen LogP) is 6.89. The number of rotatable bonds is 17. The molecule has 0 radical (unpaired) electrons. The van der Waals surface area contributed by atoms with Crippen molar-refractivity contribution in [3.05, 3.63) is 112 Å². The van der Waals surface area contributed by atoms with E-state index >= 15 is 0 Å². The van der Waals surface area contributed by atoms with Crippen molar-refractivity contribution in [1.82, 2.24) is 15.5 Å². The number of benzene rings is 3. The molecular formula is C45H52ClN3O11. The molecule has 15 heteroatoms. The minimum absolute atomic E-state index is 0.0782. The van der Waals surface area contributed by atoms with Crippen molar-refractivity contribution >= 4 is 35.7 Å². The number of hydrogen-bond acceptors (Lipinski definition) is 11. The molecule has 3 aromatic rings. The fraction of sp³-hybridized carbons (Fsp3) is 0.422. The maximum atomic E-state index is 13.4. The molecule has 6 unspecified atom stereocenters. The van der Waals surface area contributed by atoms with Crippen LogP contribution in [-0.2, 0) is 44.4 Å². The minimum Gasteiger partial charge on any atom is -0.495 e. The van der Waals surface area contributed by atoms with Gasteiger partial charge in [-0.15, -0.1) is 0 Å². The number of ether oxygens (including phenoxy) is 7. The van der Waals surface area contributed by atoms with Crippen LogP contribution in [0.3, 0.4) is 0 Å². The number of fused-ring (bicyclic) bond motifs is 3. The van der Waals surface area contributed by atoms with Gasteiger partial charge in [-0.1, -0.05) is 84.8 Å². The first kappa shape index (κ1) is 44.0. The molecule has 0 spiro atoms. The first-order chi connectivity index (χ1) is 28.7. The number of nitrogens with zero attached hydrogens (tertiary/aromatic N) is 1. The van der Waals surface area contributed by atoms with Crippen LogP contribution in [0.1, 0.15) is 56.2 Å². The first-order valence-corrected chi connectivity index (χ1v) is 20.1. The van der Waals surface area contributed by atoms with Crippen molar-refractivity contribution in [2.45, 2.75) is 75.8 Å². The van der Waals surface area contributed by atoms with Crippen molar-refractivity contribution in [3.8, 4) is 16.9 Å². The normalized spacial score (nSPS) is 23.0. The quantitative estimate of drug-likeness (QED) is 0.0363. The highest BCUT2D eigenvalue weighted by Crippen LogP contribution is 2.49. The molecule has 14 nitrogen and oxygen atoms in total. The predicted molar refractivity (Wildman–Crippen MR) is 222 cm³/mol. The van der Waals surface area contributed by atoms with Crippen LogP contribution >= 0.6 is 11.6 Å². The van der Waals surface area contributed by atoms with Crippen LogP contribution in [0.25, 0.3) is 11.1 Å². The number of allylic oxidation sites excluding steroid dienone is 3. The van der Waals surface area contributed by atoms with Gasteiger partial charge in [0.05, 0.1) is 37.3 Å². The van der Waals surface area contributed by atoms with E-state index in [1.165, 1.54) is 27.5 Å². The number of carbonyl (C=O) groups is 4. The molecule has 2 heterocycles. The largest absolute Gasteiger partial charge is 0.495 e. The lowest BCUT2D eigenvalue weighted by Gasteiger charge is -2.40. The van der Waals surface area contributed by atoms with Gasteiger partial charge in [0.2, 0.25) is 5.91 Å². The van der Waals surface area contributed by atoms with Crippen LogP contribution in [0.4, 0.5) is 9.59 Å². The van der Waals surface area contributed by atoms with E-state index in [1.54, 1.807) is 26.2 Å². The van der Waals surface area contributed by atoms with Crippen molar-refractivity contribution in [2.24, 2.45) is 5.92 Å². The molecule has 0 bridgehead atoms. The minimum atomic E-state index is -1.56. The average molecular weight is 846 g/mol. The number of amides is 3. The van der Waals surface area contributed by atoms with E-state index in [0.717, 1.165) is 38.3 Å². The second-order valence-electron chi connectivity index (χ2n) is 15.4. The molecule has 6 rings (SSSR count). The van der Waals surface area contributed by atoms with Crippen LogP contribution < -0.4 is 15.4 Å². The second-order valence-corrected chi connectivity index (χ2v) is 15.8. The molecule has 0 saturated carbocycles. The Labute approximate surface area is 355 Å². The third-order valence-electron chi connectivity index (χ3n) is 11.3. The summed E-state index contributed by atoms with van der Waals surface area (Å²) in [5.74, 6) is -2.71. The summed E-state index contributed by atoms with van der Waals surface area (Å²) in [5.41, 5.74) is 5.24. The summed E-state index contributed by atoms with van der Waals surface area (Å²) < 4.78 is 40.4. The Kier molecular flexibility index (Phi) is 13.8. The first-order valence-electron chi connectivity index (χ1n) is 19.7. The van der Waals surface area contributed by atoms with Gasteiger partial charge in [0.1, 0.15) is 36.7 Å². The lowest BCUT2D eigenvalue weighted by molar-refractivity contribution is -0.241. The summed E-state index contributed by atoms with van der Waals surface area (Å²) in [6.07, 6.45) is 1.66. The van der Waals surface area contributed by atoms with Crippen LogP contribution in [0.5, 0.6) is 5.75 Å². The van der Waals surface area contributed by atoms with Gasteiger partial charge in [-0.25, -0.2) is 9.59 Å². The molecule has 3 aromatic carbocycles. The zero-order valence-electron chi connectivity index (χ0n) is 34.8. The maximum absolute atomic E-state index is 13.4. The van der Waals surface area contributed by atoms with Crippen molar-refractivity contribution in [2.75, 3.05) is 41.5 Å². The number of methoxy groups -OCH3 is 2. The van der Waals surface area contributed by atoms with E-state index in [4.69, 9.17) is 44.8 Å². The molecule has 3 amide bonds. The lowest BCUT2D eigenvalue weighted by atomic mass is 9.86. The Hall–Kier alpha value is -5.57. The number of alkyl carbamates (subject to hydrolysis) is 1. The summed E-state index contributed by atoms with van der Waals surface area (Å²) in [6.45, 7) is 5.18. The fourth-order valence-electron chi connectivity index (χ4n) is 7.89. The number of esters is 1. The molecule has 2 saturated heterocycles. The standard InChI is InChI=1S/C45H52ClN3O11/c1-27(21-29-18-19-35(46)36(22-29)54-6)13-12-20-57-45(55-7)24-37(58-42(52)48-45)28(2)41-44(3,60-41)38(23-39(50)47-4)59-40(51)25-49(5)43(53)56-26-34-32-16-10-8-14-30(32)31-15-9-11-17-33(31)34/h8-20,22,28,34,37-38,41H,21,23-26H2,1-7H3,(H,47,50)(H,48,52)/b20-12+,27-13+. The van der Waals surface area contributed by atoms with Crippen LogP contribution in [0.2, 0.25) is 5.02 Å². The molecule has 6 atom stereocenters. The number of nitrogens with one attached hydrogen (secondary N) is 2. The molecule has 60 heavy (non-hydrogen) atoms. The third kappa shape index (κ3) is 9.89. The fourth-order valence-corrected chi connectivity index (χ4v) is 8.09. The van der Waals surface area contributed by atoms with Crippen LogP contribution in [0.15, 0.2) is 90.7 Å². The molecule has 2 aliphatic heterocycles. The van der Waals surface area contributed by atoms with Gasteiger partial charge in [-0.3, -0.25) is 14.9 Å². The van der Waals surface area contributed by atoms with E-state index in [1.807, 2.05) is 80.6 Å². The second kappa shape index (κ2) is 18.8.